The third-order valence-corrected chi connectivity index (χ3v) is 3.17. The highest BCUT2D eigenvalue weighted by Crippen LogP contribution is 2.30. The number of hydrogen-bond acceptors (Lipinski definition) is 4. The van der Waals surface area contributed by atoms with E-state index in [1.807, 2.05) is 0 Å². The highest BCUT2D eigenvalue weighted by Gasteiger charge is 2.35. The Hall–Kier alpha value is -2.02. The van der Waals surface area contributed by atoms with Gasteiger partial charge in [-0.2, -0.15) is 0 Å². The van der Waals surface area contributed by atoms with Crippen molar-refractivity contribution in [2.24, 2.45) is 0 Å². The minimum atomic E-state index is -0.673. The van der Waals surface area contributed by atoms with Gasteiger partial charge >= 0.3 is 0 Å². The molecule has 1 aromatic rings. The fourth-order valence-corrected chi connectivity index (χ4v) is 2.02. The van der Waals surface area contributed by atoms with Gasteiger partial charge in [0.1, 0.15) is 11.4 Å². The van der Waals surface area contributed by atoms with Crippen molar-refractivity contribution in [1.29, 1.82) is 0 Å². The van der Waals surface area contributed by atoms with Crippen LogP contribution in [0.1, 0.15) is 23.2 Å². The monoisotopic (exact) mass is 282 g/mol. The molecule has 0 aliphatic heterocycles. The van der Waals surface area contributed by atoms with E-state index in [4.69, 9.17) is 4.74 Å². The van der Waals surface area contributed by atoms with Crippen molar-refractivity contribution in [1.82, 2.24) is 4.90 Å². The van der Waals surface area contributed by atoms with E-state index in [0.717, 1.165) is 31.0 Å². The second-order valence-corrected chi connectivity index (χ2v) is 4.64. The number of nitro groups is 1. The van der Waals surface area contributed by atoms with Crippen LogP contribution in [-0.4, -0.2) is 42.0 Å². The molecule has 1 amide bonds. The fraction of sp³-hybridized carbons (Fsp3) is 0.462. The smallest absolute Gasteiger partial charge is 0.282 e. The maximum absolute atomic E-state index is 13.3. The molecule has 1 aliphatic rings. The van der Waals surface area contributed by atoms with Gasteiger partial charge in [-0.25, -0.2) is 4.39 Å². The van der Waals surface area contributed by atoms with Crippen LogP contribution in [0, 0.1) is 15.9 Å². The summed E-state index contributed by atoms with van der Waals surface area (Å²) >= 11 is 0. The van der Waals surface area contributed by atoms with E-state index >= 15 is 0 Å². The molecule has 0 spiro atoms. The van der Waals surface area contributed by atoms with Crippen molar-refractivity contribution in [2.45, 2.75) is 18.9 Å². The molecule has 0 unspecified atom stereocenters. The minimum absolute atomic E-state index is 0.0699. The number of halogens is 1. The van der Waals surface area contributed by atoms with Gasteiger partial charge in [-0.3, -0.25) is 14.9 Å². The van der Waals surface area contributed by atoms with E-state index < -0.39 is 16.6 Å². The second kappa shape index (κ2) is 5.96. The molecule has 0 bridgehead atoms. The topological polar surface area (TPSA) is 72.7 Å². The van der Waals surface area contributed by atoms with Gasteiger partial charge in [0.25, 0.3) is 11.6 Å². The highest BCUT2D eigenvalue weighted by atomic mass is 19.1. The Kier molecular flexibility index (Phi) is 4.29. The molecule has 1 fully saturated rings. The van der Waals surface area contributed by atoms with E-state index in [1.54, 1.807) is 0 Å². The quantitative estimate of drug-likeness (QED) is 0.590. The summed E-state index contributed by atoms with van der Waals surface area (Å²) in [7, 11) is 1.51. The first-order chi connectivity index (χ1) is 9.54. The lowest BCUT2D eigenvalue weighted by atomic mass is 10.1. The van der Waals surface area contributed by atoms with Crippen LogP contribution in [0.25, 0.3) is 0 Å². The zero-order valence-corrected chi connectivity index (χ0v) is 11.0. The summed E-state index contributed by atoms with van der Waals surface area (Å²) in [5.74, 6) is -1.18. The third kappa shape index (κ3) is 3.11. The molecule has 0 heterocycles. The van der Waals surface area contributed by atoms with E-state index in [1.165, 1.54) is 12.0 Å². The Morgan fingerprint density at radius 2 is 2.25 bits per heavy atom. The number of nitrogens with zero attached hydrogens (tertiary/aromatic N) is 2. The lowest BCUT2D eigenvalue weighted by Crippen LogP contribution is -2.36. The SMILES string of the molecule is COCCN(C(=O)c1cc(F)ccc1[N+](=O)[O-])C1CC1. The van der Waals surface area contributed by atoms with Gasteiger partial charge in [-0.1, -0.05) is 0 Å². The van der Waals surface area contributed by atoms with E-state index in [2.05, 4.69) is 0 Å². The van der Waals surface area contributed by atoms with E-state index in [9.17, 15) is 19.3 Å². The largest absolute Gasteiger partial charge is 0.383 e. The average molecular weight is 282 g/mol. The van der Waals surface area contributed by atoms with Crippen molar-refractivity contribution in [3.8, 4) is 0 Å². The van der Waals surface area contributed by atoms with Crippen molar-refractivity contribution in [3.63, 3.8) is 0 Å². The predicted molar refractivity (Wildman–Crippen MR) is 69.0 cm³/mol. The number of nitro benzene ring substituents is 1. The van der Waals surface area contributed by atoms with Crippen LogP contribution >= 0.6 is 0 Å². The molecular formula is C13H15FN2O4. The summed E-state index contributed by atoms with van der Waals surface area (Å²) < 4.78 is 18.2. The minimum Gasteiger partial charge on any atom is -0.383 e. The summed E-state index contributed by atoms with van der Waals surface area (Å²) in [5, 5.41) is 10.9. The van der Waals surface area contributed by atoms with E-state index in [0.29, 0.717) is 13.2 Å². The standard InChI is InChI=1S/C13H15FN2O4/c1-20-7-6-15(10-3-4-10)13(17)11-8-9(14)2-5-12(11)16(18)19/h2,5,8,10H,3-4,6-7H2,1H3. The first-order valence-electron chi connectivity index (χ1n) is 6.28. The Bertz CT molecular complexity index is 531. The van der Waals surface area contributed by atoms with Crippen LogP contribution in [0.15, 0.2) is 18.2 Å². The Morgan fingerprint density at radius 3 is 2.80 bits per heavy atom. The predicted octanol–water partition coefficient (Wildman–Crippen LogP) is 1.98. The molecule has 6 nitrogen and oxygen atoms in total. The number of rotatable bonds is 6. The summed E-state index contributed by atoms with van der Waals surface area (Å²) in [5.41, 5.74) is -0.586. The number of methoxy groups -OCH3 is 1. The summed E-state index contributed by atoms with van der Waals surface area (Å²) in [6.45, 7) is 0.680. The third-order valence-electron chi connectivity index (χ3n) is 3.17. The molecular weight excluding hydrogens is 267 g/mol. The Labute approximate surface area is 115 Å². The maximum Gasteiger partial charge on any atom is 0.282 e. The van der Waals surface area contributed by atoms with Crippen molar-refractivity contribution >= 4 is 11.6 Å². The number of ether oxygens (including phenoxy) is 1. The molecule has 7 heteroatoms. The molecule has 1 saturated carbocycles. The first-order valence-corrected chi connectivity index (χ1v) is 6.28. The van der Waals surface area contributed by atoms with Gasteiger partial charge in [-0.05, 0) is 25.0 Å². The van der Waals surface area contributed by atoms with Gasteiger partial charge in [0.15, 0.2) is 0 Å². The zero-order chi connectivity index (χ0) is 14.7. The van der Waals surface area contributed by atoms with Crippen molar-refractivity contribution in [3.05, 3.63) is 39.7 Å². The van der Waals surface area contributed by atoms with Crippen molar-refractivity contribution in [2.75, 3.05) is 20.3 Å². The lowest BCUT2D eigenvalue weighted by Gasteiger charge is -2.22. The summed E-state index contributed by atoms with van der Waals surface area (Å²) in [6.07, 6.45) is 1.72. The summed E-state index contributed by atoms with van der Waals surface area (Å²) in [6, 6.07) is 2.98. The molecule has 108 valence electrons. The molecule has 2 rings (SSSR count). The highest BCUT2D eigenvalue weighted by molar-refractivity contribution is 5.98. The number of benzene rings is 1. The Morgan fingerprint density at radius 1 is 1.55 bits per heavy atom. The molecule has 0 radical (unpaired) electrons. The van der Waals surface area contributed by atoms with E-state index in [-0.39, 0.29) is 17.3 Å². The molecule has 0 saturated heterocycles. The van der Waals surface area contributed by atoms with Crippen molar-refractivity contribution < 1.29 is 18.8 Å². The first kappa shape index (κ1) is 14.4. The molecule has 20 heavy (non-hydrogen) atoms. The average Bonchev–Trinajstić information content (AvgIpc) is 3.23. The van der Waals surface area contributed by atoms with Crippen LogP contribution < -0.4 is 0 Å². The number of carbonyl (C=O) groups is 1. The fourth-order valence-electron chi connectivity index (χ4n) is 2.02. The van der Waals surface area contributed by atoms with Crippen LogP contribution in [0.3, 0.4) is 0 Å². The second-order valence-electron chi connectivity index (χ2n) is 4.64. The number of amides is 1. The summed E-state index contributed by atoms with van der Waals surface area (Å²) in [4.78, 5) is 24.2. The lowest BCUT2D eigenvalue weighted by molar-refractivity contribution is -0.385. The van der Waals surface area contributed by atoms with Gasteiger partial charge in [-0.15, -0.1) is 0 Å². The maximum atomic E-state index is 13.3. The molecule has 1 aliphatic carbocycles. The zero-order valence-electron chi connectivity index (χ0n) is 11.0. The van der Waals surface area contributed by atoms with Gasteiger partial charge < -0.3 is 9.64 Å². The van der Waals surface area contributed by atoms with Crippen LogP contribution in [-0.2, 0) is 4.74 Å². The molecule has 0 N–H and O–H groups in total. The Balaban J connectivity index is 2.30. The normalized spacial score (nSPS) is 14.1. The molecule has 0 atom stereocenters. The van der Waals surface area contributed by atoms with Gasteiger partial charge in [0.05, 0.1) is 11.5 Å². The van der Waals surface area contributed by atoms with Gasteiger partial charge in [0, 0.05) is 25.8 Å². The molecule has 0 aromatic heterocycles. The van der Waals surface area contributed by atoms with Crippen LogP contribution in [0.5, 0.6) is 0 Å². The number of hydrogen-bond donors (Lipinski definition) is 0. The van der Waals surface area contributed by atoms with Crippen LogP contribution in [0.2, 0.25) is 0 Å². The molecule has 1 aromatic carbocycles. The van der Waals surface area contributed by atoms with Crippen LogP contribution in [0.4, 0.5) is 10.1 Å². The van der Waals surface area contributed by atoms with Gasteiger partial charge in [0.2, 0.25) is 0 Å². The number of carbonyl (C=O) groups excluding carboxylic acids is 1.